The zero-order valence-corrected chi connectivity index (χ0v) is 21.2. The molecule has 0 bridgehead atoms. The third-order valence-electron chi connectivity index (χ3n) is 6.93. The summed E-state index contributed by atoms with van der Waals surface area (Å²) in [5.41, 5.74) is 4.94. The van der Waals surface area contributed by atoms with Crippen LogP contribution in [-0.4, -0.2) is 58.5 Å². The summed E-state index contributed by atoms with van der Waals surface area (Å²) in [7, 11) is 0. The lowest BCUT2D eigenvalue weighted by Crippen LogP contribution is -2.48. The molecule has 1 aliphatic rings. The summed E-state index contributed by atoms with van der Waals surface area (Å²) >= 11 is 0. The molecule has 0 atom stereocenters. The monoisotopic (exact) mass is 506 g/mol. The molecule has 0 N–H and O–H groups in total. The molecule has 1 saturated heterocycles. The van der Waals surface area contributed by atoms with Gasteiger partial charge in [0.2, 0.25) is 0 Å². The third kappa shape index (κ3) is 5.33. The van der Waals surface area contributed by atoms with E-state index in [4.69, 9.17) is 14.3 Å². The Hall–Kier alpha value is -4.36. The summed E-state index contributed by atoms with van der Waals surface area (Å²) in [5, 5.41) is 5.95. The van der Waals surface area contributed by atoms with Crippen molar-refractivity contribution >= 4 is 17.1 Å². The second-order valence-corrected chi connectivity index (χ2v) is 9.50. The molecule has 0 aliphatic carbocycles. The molecule has 2 aromatic heterocycles. The van der Waals surface area contributed by atoms with E-state index >= 15 is 0 Å². The molecule has 1 fully saturated rings. The summed E-state index contributed by atoms with van der Waals surface area (Å²) < 4.78 is 13.6. The molecule has 1 amide bonds. The van der Waals surface area contributed by atoms with Gasteiger partial charge in [0.1, 0.15) is 18.0 Å². The average Bonchev–Trinajstić information content (AvgIpc) is 3.58. The van der Waals surface area contributed by atoms with E-state index in [0.29, 0.717) is 19.6 Å². The number of piperazine rings is 1. The highest BCUT2D eigenvalue weighted by atomic mass is 16.6. The van der Waals surface area contributed by atoms with Crippen molar-refractivity contribution in [2.45, 2.75) is 13.1 Å². The summed E-state index contributed by atoms with van der Waals surface area (Å²) in [4.78, 5) is 16.9. The highest BCUT2D eigenvalue weighted by Crippen LogP contribution is 2.26. The number of fused-ring (bicyclic) bond motifs is 1. The van der Waals surface area contributed by atoms with Crippen molar-refractivity contribution in [3.8, 4) is 22.5 Å². The van der Waals surface area contributed by atoms with Gasteiger partial charge in [-0.3, -0.25) is 9.58 Å². The SMILES string of the molecule is O=C(OCCn1nc(-c2ccccc2)cc1-c1ccccc1)N1CCN(Cc2cc3ccccc3o2)CC1. The number of furan rings is 1. The molecule has 3 heterocycles. The van der Waals surface area contributed by atoms with Gasteiger partial charge in [0, 0.05) is 37.1 Å². The van der Waals surface area contributed by atoms with E-state index in [-0.39, 0.29) is 12.7 Å². The Balaban J connectivity index is 1.04. The molecule has 0 saturated carbocycles. The zero-order valence-electron chi connectivity index (χ0n) is 21.2. The van der Waals surface area contributed by atoms with Crippen molar-refractivity contribution < 1.29 is 13.9 Å². The molecular formula is C31H30N4O3. The fourth-order valence-corrected chi connectivity index (χ4v) is 4.91. The van der Waals surface area contributed by atoms with Gasteiger partial charge in [0.05, 0.1) is 24.5 Å². The Labute approximate surface area is 221 Å². The van der Waals surface area contributed by atoms with E-state index in [1.165, 1.54) is 0 Å². The van der Waals surface area contributed by atoms with Crippen molar-refractivity contribution in [3.63, 3.8) is 0 Å². The first-order valence-electron chi connectivity index (χ1n) is 13.0. The van der Waals surface area contributed by atoms with Crippen LogP contribution < -0.4 is 0 Å². The Kier molecular flexibility index (Phi) is 6.91. The van der Waals surface area contributed by atoms with Gasteiger partial charge in [-0.25, -0.2) is 4.79 Å². The van der Waals surface area contributed by atoms with Gasteiger partial charge in [-0.15, -0.1) is 0 Å². The number of rotatable bonds is 7. The average molecular weight is 507 g/mol. The zero-order chi connectivity index (χ0) is 25.7. The topological polar surface area (TPSA) is 63.7 Å². The van der Waals surface area contributed by atoms with Gasteiger partial charge in [0.25, 0.3) is 0 Å². The Morgan fingerprint density at radius 1 is 0.816 bits per heavy atom. The maximum absolute atomic E-state index is 12.8. The number of nitrogens with zero attached hydrogens (tertiary/aromatic N) is 4. The second-order valence-electron chi connectivity index (χ2n) is 9.50. The fraction of sp³-hybridized carbons (Fsp3) is 0.226. The summed E-state index contributed by atoms with van der Waals surface area (Å²) in [6.07, 6.45) is -0.273. The van der Waals surface area contributed by atoms with Crippen LogP contribution in [0.25, 0.3) is 33.5 Å². The van der Waals surface area contributed by atoms with Crippen LogP contribution in [0.3, 0.4) is 0 Å². The van der Waals surface area contributed by atoms with Crippen LogP contribution in [0.1, 0.15) is 5.76 Å². The van der Waals surface area contributed by atoms with E-state index in [9.17, 15) is 4.79 Å². The van der Waals surface area contributed by atoms with Gasteiger partial charge in [-0.2, -0.15) is 5.10 Å². The lowest BCUT2D eigenvalue weighted by molar-refractivity contribution is 0.0705. The predicted octanol–water partition coefficient (Wildman–Crippen LogP) is 5.92. The van der Waals surface area contributed by atoms with Crippen LogP contribution in [0, 0.1) is 0 Å². The van der Waals surface area contributed by atoms with Crippen LogP contribution in [0.4, 0.5) is 4.79 Å². The van der Waals surface area contributed by atoms with Crippen LogP contribution in [-0.2, 0) is 17.8 Å². The van der Waals surface area contributed by atoms with Crippen LogP contribution in [0.5, 0.6) is 0 Å². The van der Waals surface area contributed by atoms with Crippen molar-refractivity contribution in [2.24, 2.45) is 0 Å². The van der Waals surface area contributed by atoms with E-state index < -0.39 is 0 Å². The molecule has 0 spiro atoms. The number of amides is 1. The number of aromatic nitrogens is 2. The second kappa shape index (κ2) is 10.9. The Morgan fingerprint density at radius 2 is 1.50 bits per heavy atom. The van der Waals surface area contributed by atoms with E-state index in [2.05, 4.69) is 47.4 Å². The summed E-state index contributed by atoms with van der Waals surface area (Å²) in [5.74, 6) is 0.950. The molecule has 7 heteroatoms. The number of hydrogen-bond donors (Lipinski definition) is 0. The first kappa shape index (κ1) is 24.0. The smallest absolute Gasteiger partial charge is 0.409 e. The van der Waals surface area contributed by atoms with Crippen molar-refractivity contribution in [2.75, 3.05) is 32.8 Å². The lowest BCUT2D eigenvalue weighted by atomic mass is 10.1. The third-order valence-corrected chi connectivity index (χ3v) is 6.93. The minimum atomic E-state index is -0.273. The van der Waals surface area contributed by atoms with E-state index in [1.807, 2.05) is 59.3 Å². The summed E-state index contributed by atoms with van der Waals surface area (Å²) in [6.45, 7) is 4.31. The molecule has 192 valence electrons. The van der Waals surface area contributed by atoms with E-state index in [0.717, 1.165) is 58.9 Å². The predicted molar refractivity (Wildman–Crippen MR) is 148 cm³/mol. The van der Waals surface area contributed by atoms with Gasteiger partial charge >= 0.3 is 6.09 Å². The van der Waals surface area contributed by atoms with Crippen molar-refractivity contribution in [1.29, 1.82) is 0 Å². The number of benzene rings is 3. The number of carbonyl (C=O) groups excluding carboxylic acids is 1. The van der Waals surface area contributed by atoms with E-state index in [1.54, 1.807) is 4.90 Å². The standard InChI is InChI=1S/C31H30N4O3/c36-31(34-17-15-33(16-18-34)23-27-21-26-13-7-8-14-30(26)38-27)37-20-19-35-29(25-11-5-2-6-12-25)22-28(32-35)24-9-3-1-4-10-24/h1-14,21-22H,15-20,23H2. The highest BCUT2D eigenvalue weighted by molar-refractivity contribution is 5.77. The van der Waals surface area contributed by atoms with Gasteiger partial charge in [-0.1, -0.05) is 78.9 Å². The quantitative estimate of drug-likeness (QED) is 0.274. The van der Waals surface area contributed by atoms with Gasteiger partial charge < -0.3 is 14.1 Å². The first-order valence-corrected chi connectivity index (χ1v) is 13.0. The number of hydrogen-bond acceptors (Lipinski definition) is 5. The molecule has 6 rings (SSSR count). The van der Waals surface area contributed by atoms with Crippen molar-refractivity contribution in [1.82, 2.24) is 19.6 Å². The van der Waals surface area contributed by atoms with Crippen LogP contribution in [0.15, 0.2) is 101 Å². The lowest BCUT2D eigenvalue weighted by Gasteiger charge is -2.33. The maximum atomic E-state index is 12.8. The normalized spacial score (nSPS) is 14.2. The van der Waals surface area contributed by atoms with Crippen LogP contribution in [0.2, 0.25) is 0 Å². The molecule has 0 radical (unpaired) electrons. The maximum Gasteiger partial charge on any atom is 0.409 e. The fourth-order valence-electron chi connectivity index (χ4n) is 4.91. The van der Waals surface area contributed by atoms with Crippen molar-refractivity contribution in [3.05, 3.63) is 103 Å². The molecule has 3 aromatic carbocycles. The first-order chi connectivity index (χ1) is 18.7. The molecule has 0 unspecified atom stereocenters. The molecule has 5 aromatic rings. The van der Waals surface area contributed by atoms with Crippen LogP contribution >= 0.6 is 0 Å². The molecule has 38 heavy (non-hydrogen) atoms. The number of para-hydroxylation sites is 1. The number of carbonyl (C=O) groups is 1. The largest absolute Gasteiger partial charge is 0.460 e. The minimum absolute atomic E-state index is 0.258. The molecule has 7 nitrogen and oxygen atoms in total. The van der Waals surface area contributed by atoms with Gasteiger partial charge in [-0.05, 0) is 23.8 Å². The summed E-state index contributed by atoms with van der Waals surface area (Å²) in [6, 6.07) is 32.5. The minimum Gasteiger partial charge on any atom is -0.460 e. The Morgan fingerprint density at radius 3 is 2.24 bits per heavy atom. The van der Waals surface area contributed by atoms with Gasteiger partial charge in [0.15, 0.2) is 0 Å². The number of ether oxygens (including phenoxy) is 1. The highest BCUT2D eigenvalue weighted by Gasteiger charge is 2.23. The Bertz CT molecular complexity index is 1470. The molecule has 1 aliphatic heterocycles. The molecular weight excluding hydrogens is 476 g/mol.